The Kier molecular flexibility index (Phi) is 4.81. The van der Waals surface area contributed by atoms with Gasteiger partial charge in [0.15, 0.2) is 5.65 Å². The van der Waals surface area contributed by atoms with E-state index in [4.69, 9.17) is 7.85 Å². The molecule has 1 saturated heterocycles. The van der Waals surface area contributed by atoms with Crippen LogP contribution in [0, 0.1) is 0 Å². The lowest BCUT2D eigenvalue weighted by molar-refractivity contribution is -0.138. The molecule has 0 aliphatic carbocycles. The standard InChI is InChI=1S/C21H23BN6O/c22-19-17-16-6-9-28(13-15(16)12-24-20(17)26-25-19)21(29)18(14-4-2-1-3-5-14)27-10-7-23-8-11-27/h1-5,12,18,23H,6-11,13H2,(H,24,25,26). The molecule has 1 atom stereocenters. The van der Waals surface area contributed by atoms with Gasteiger partial charge in [-0.3, -0.25) is 14.8 Å². The fourth-order valence-corrected chi connectivity index (χ4v) is 4.51. The van der Waals surface area contributed by atoms with Gasteiger partial charge in [-0.15, -0.1) is 0 Å². The summed E-state index contributed by atoms with van der Waals surface area (Å²) in [7, 11) is 6.07. The number of rotatable bonds is 3. The van der Waals surface area contributed by atoms with E-state index in [0.29, 0.717) is 24.3 Å². The summed E-state index contributed by atoms with van der Waals surface area (Å²) in [5.41, 5.74) is 4.45. The molecule has 5 rings (SSSR count). The minimum Gasteiger partial charge on any atom is -0.336 e. The lowest BCUT2D eigenvalue weighted by Crippen LogP contribution is -2.51. The average molecular weight is 386 g/mol. The second kappa shape index (κ2) is 7.61. The number of nitrogens with zero attached hydrogens (tertiary/aromatic N) is 4. The number of benzene rings is 1. The zero-order valence-electron chi connectivity index (χ0n) is 16.3. The molecule has 1 aromatic carbocycles. The minimum absolute atomic E-state index is 0.156. The zero-order valence-corrected chi connectivity index (χ0v) is 16.3. The Morgan fingerprint density at radius 1 is 1.14 bits per heavy atom. The third kappa shape index (κ3) is 3.32. The Hall–Kier alpha value is -2.71. The van der Waals surface area contributed by atoms with Crippen LogP contribution in [0.15, 0.2) is 36.5 Å². The second-order valence-electron chi connectivity index (χ2n) is 7.71. The molecule has 2 N–H and O–H groups in total. The molecule has 2 aliphatic heterocycles. The Labute approximate surface area is 170 Å². The van der Waals surface area contributed by atoms with Gasteiger partial charge in [0.25, 0.3) is 0 Å². The Balaban J connectivity index is 1.45. The molecule has 1 fully saturated rings. The van der Waals surface area contributed by atoms with Gasteiger partial charge in [-0.2, -0.15) is 5.10 Å². The molecular formula is C21H23BN6O. The van der Waals surface area contributed by atoms with Crippen LogP contribution in [-0.2, 0) is 17.8 Å². The van der Waals surface area contributed by atoms with Gasteiger partial charge in [0.1, 0.15) is 13.9 Å². The van der Waals surface area contributed by atoms with Crippen LogP contribution in [0.5, 0.6) is 0 Å². The molecule has 2 aromatic heterocycles. The number of hydrogen-bond acceptors (Lipinski definition) is 5. The largest absolute Gasteiger partial charge is 0.336 e. The maximum atomic E-state index is 13.7. The van der Waals surface area contributed by atoms with E-state index in [1.165, 1.54) is 0 Å². The third-order valence-corrected chi connectivity index (χ3v) is 5.98. The van der Waals surface area contributed by atoms with Crippen molar-refractivity contribution < 1.29 is 4.79 Å². The lowest BCUT2D eigenvalue weighted by Gasteiger charge is -2.38. The van der Waals surface area contributed by atoms with Gasteiger partial charge in [0.2, 0.25) is 5.91 Å². The molecular weight excluding hydrogens is 363 g/mol. The van der Waals surface area contributed by atoms with Crippen LogP contribution in [0.1, 0.15) is 22.7 Å². The smallest absolute Gasteiger partial charge is 0.244 e. The predicted octanol–water partition coefficient (Wildman–Crippen LogP) is 0.283. The van der Waals surface area contributed by atoms with E-state index in [-0.39, 0.29) is 11.9 Å². The van der Waals surface area contributed by atoms with Crippen molar-refractivity contribution in [2.75, 3.05) is 32.7 Å². The van der Waals surface area contributed by atoms with Gasteiger partial charge < -0.3 is 10.2 Å². The van der Waals surface area contributed by atoms with Crippen LogP contribution in [0.25, 0.3) is 11.0 Å². The number of amides is 1. The van der Waals surface area contributed by atoms with Gasteiger partial charge >= 0.3 is 0 Å². The summed E-state index contributed by atoms with van der Waals surface area (Å²) in [5.74, 6) is 0.156. The van der Waals surface area contributed by atoms with Gasteiger partial charge in [0.05, 0.1) is 0 Å². The molecule has 0 spiro atoms. The van der Waals surface area contributed by atoms with E-state index in [0.717, 1.165) is 54.7 Å². The first-order valence-electron chi connectivity index (χ1n) is 10.1. The SMILES string of the molecule is [B]c1[nH]nc2ncc3c(c12)CCN(C(=O)C(c1ccccc1)N1CCNCC1)C3. The summed E-state index contributed by atoms with van der Waals surface area (Å²) in [6.07, 6.45) is 2.59. The number of carbonyl (C=O) groups is 1. The van der Waals surface area contributed by atoms with Gasteiger partial charge in [-0.1, -0.05) is 30.3 Å². The molecule has 8 heteroatoms. The summed E-state index contributed by atoms with van der Waals surface area (Å²) in [5, 5.41) is 11.2. The summed E-state index contributed by atoms with van der Waals surface area (Å²) >= 11 is 0. The number of H-pyrrole nitrogens is 1. The molecule has 0 saturated carbocycles. The van der Waals surface area contributed by atoms with Crippen molar-refractivity contribution in [1.82, 2.24) is 30.3 Å². The van der Waals surface area contributed by atoms with Crippen molar-refractivity contribution in [3.8, 4) is 0 Å². The van der Waals surface area contributed by atoms with Crippen LogP contribution in [0.2, 0.25) is 0 Å². The lowest BCUT2D eigenvalue weighted by atomic mass is 9.91. The summed E-state index contributed by atoms with van der Waals surface area (Å²) in [4.78, 5) is 22.4. The van der Waals surface area contributed by atoms with Gasteiger partial charge in [0, 0.05) is 50.9 Å². The molecule has 146 valence electrons. The normalized spacial score (nSPS) is 18.6. The molecule has 2 aliphatic rings. The zero-order chi connectivity index (χ0) is 19.8. The minimum atomic E-state index is -0.254. The Bertz CT molecular complexity index is 1030. The molecule has 1 amide bonds. The Morgan fingerprint density at radius 2 is 1.93 bits per heavy atom. The number of aromatic nitrogens is 3. The predicted molar refractivity (Wildman–Crippen MR) is 112 cm³/mol. The second-order valence-corrected chi connectivity index (χ2v) is 7.71. The van der Waals surface area contributed by atoms with E-state index >= 15 is 0 Å². The molecule has 2 radical (unpaired) electrons. The van der Waals surface area contributed by atoms with E-state index in [1.54, 1.807) is 0 Å². The highest BCUT2D eigenvalue weighted by molar-refractivity contribution is 6.37. The van der Waals surface area contributed by atoms with E-state index < -0.39 is 0 Å². The van der Waals surface area contributed by atoms with Crippen molar-refractivity contribution in [3.63, 3.8) is 0 Å². The van der Waals surface area contributed by atoms with Crippen LogP contribution < -0.4 is 10.9 Å². The highest BCUT2D eigenvalue weighted by atomic mass is 16.2. The number of piperazine rings is 1. The fourth-order valence-electron chi connectivity index (χ4n) is 4.51. The molecule has 7 nitrogen and oxygen atoms in total. The fraction of sp³-hybridized carbons (Fsp3) is 0.381. The Morgan fingerprint density at radius 3 is 2.72 bits per heavy atom. The van der Waals surface area contributed by atoms with Crippen molar-refractivity contribution >= 4 is 30.4 Å². The summed E-state index contributed by atoms with van der Waals surface area (Å²) in [6.45, 7) is 4.76. The first kappa shape index (κ1) is 18.3. The van der Waals surface area contributed by atoms with Crippen molar-refractivity contribution in [2.45, 2.75) is 19.0 Å². The monoisotopic (exact) mass is 386 g/mol. The maximum Gasteiger partial charge on any atom is 0.244 e. The first-order chi connectivity index (χ1) is 14.2. The molecule has 29 heavy (non-hydrogen) atoms. The first-order valence-corrected chi connectivity index (χ1v) is 10.1. The maximum absolute atomic E-state index is 13.7. The van der Waals surface area contributed by atoms with Crippen molar-refractivity contribution in [1.29, 1.82) is 0 Å². The highest BCUT2D eigenvalue weighted by Crippen LogP contribution is 2.29. The average Bonchev–Trinajstić information content (AvgIpc) is 3.16. The number of aromatic amines is 1. The van der Waals surface area contributed by atoms with Crippen LogP contribution in [0.4, 0.5) is 0 Å². The van der Waals surface area contributed by atoms with E-state index in [2.05, 4.69) is 37.5 Å². The van der Waals surface area contributed by atoms with Crippen LogP contribution in [0.3, 0.4) is 0 Å². The number of hydrogen-bond donors (Lipinski definition) is 2. The van der Waals surface area contributed by atoms with E-state index in [9.17, 15) is 4.79 Å². The quantitative estimate of drug-likeness (QED) is 0.633. The highest BCUT2D eigenvalue weighted by Gasteiger charge is 2.34. The number of pyridine rings is 1. The summed E-state index contributed by atoms with van der Waals surface area (Å²) in [6, 6.07) is 9.86. The summed E-state index contributed by atoms with van der Waals surface area (Å²) < 4.78 is 0. The molecule has 0 bridgehead atoms. The molecule has 3 aromatic rings. The van der Waals surface area contributed by atoms with Crippen molar-refractivity contribution in [2.24, 2.45) is 0 Å². The van der Waals surface area contributed by atoms with Crippen LogP contribution in [-0.4, -0.2) is 71.5 Å². The van der Waals surface area contributed by atoms with Gasteiger partial charge in [-0.25, -0.2) is 4.98 Å². The van der Waals surface area contributed by atoms with Crippen molar-refractivity contribution in [3.05, 3.63) is 53.2 Å². The van der Waals surface area contributed by atoms with Crippen LogP contribution >= 0.6 is 0 Å². The topological polar surface area (TPSA) is 77.2 Å². The van der Waals surface area contributed by atoms with E-state index in [1.807, 2.05) is 29.3 Å². The number of nitrogens with one attached hydrogen (secondary N) is 2. The van der Waals surface area contributed by atoms with Gasteiger partial charge in [-0.05, 0) is 28.7 Å². The number of fused-ring (bicyclic) bond motifs is 3. The molecule has 4 heterocycles. The number of carbonyl (C=O) groups excluding carboxylic acids is 1. The third-order valence-electron chi connectivity index (χ3n) is 5.98. The molecule has 1 unspecified atom stereocenters.